The van der Waals surface area contributed by atoms with Crippen molar-refractivity contribution in [2.24, 2.45) is 4.99 Å². The van der Waals surface area contributed by atoms with E-state index in [0.717, 1.165) is 21.4 Å². The minimum Gasteiger partial charge on any atom is -0.380 e. The average molecular weight is 397 g/mol. The van der Waals surface area contributed by atoms with Crippen LogP contribution in [0.5, 0.6) is 0 Å². The zero-order valence-corrected chi connectivity index (χ0v) is 18.2. The number of aryl methyl sites for hydroxylation is 4. The summed E-state index contributed by atoms with van der Waals surface area (Å²) < 4.78 is 8.86. The second-order valence-electron chi connectivity index (χ2n) is 7.28. The van der Waals surface area contributed by atoms with Crippen LogP contribution in [-0.2, 0) is 22.5 Å². The van der Waals surface area contributed by atoms with Crippen LogP contribution in [0.15, 0.2) is 35.3 Å². The lowest BCUT2D eigenvalue weighted by Gasteiger charge is -2.07. The van der Waals surface area contributed by atoms with Gasteiger partial charge >= 0.3 is 0 Å². The summed E-state index contributed by atoms with van der Waals surface area (Å²) in [6, 6.07) is 10.5. The Morgan fingerprint density at radius 3 is 2.54 bits per heavy atom. The van der Waals surface area contributed by atoms with E-state index in [4.69, 9.17) is 4.74 Å². The van der Waals surface area contributed by atoms with Gasteiger partial charge in [-0.05, 0) is 62.9 Å². The quantitative estimate of drug-likeness (QED) is 0.570. The Morgan fingerprint density at radius 2 is 1.82 bits per heavy atom. The summed E-state index contributed by atoms with van der Waals surface area (Å²) in [5, 5.41) is 0. The molecule has 0 aliphatic carbocycles. The van der Waals surface area contributed by atoms with Gasteiger partial charge in [-0.2, -0.15) is 4.99 Å². The summed E-state index contributed by atoms with van der Waals surface area (Å²) in [6.07, 6.45) is 0.323. The number of rotatable bonds is 6. The molecular weight excluding hydrogens is 368 g/mol. The predicted octanol–water partition coefficient (Wildman–Crippen LogP) is 4.64. The maximum atomic E-state index is 12.7. The van der Waals surface area contributed by atoms with Crippen LogP contribution in [0.4, 0.5) is 0 Å². The molecule has 5 heteroatoms. The fraction of sp³-hybridized carbons (Fsp3) is 0.391. The second-order valence-corrected chi connectivity index (χ2v) is 8.25. The molecule has 0 N–H and O–H groups in total. The molecule has 1 aromatic heterocycles. The molecule has 0 radical (unpaired) electrons. The molecule has 0 bridgehead atoms. The van der Waals surface area contributed by atoms with Gasteiger partial charge in [0.2, 0.25) is 0 Å². The summed E-state index contributed by atoms with van der Waals surface area (Å²) >= 11 is 1.58. The third kappa shape index (κ3) is 4.59. The average Bonchev–Trinajstić information content (AvgIpc) is 2.95. The molecular formula is C23H28N2O2S. The highest BCUT2D eigenvalue weighted by atomic mass is 32.1. The van der Waals surface area contributed by atoms with Gasteiger partial charge in [0.05, 0.1) is 23.2 Å². The second kappa shape index (κ2) is 8.84. The van der Waals surface area contributed by atoms with Crippen LogP contribution < -0.4 is 4.80 Å². The van der Waals surface area contributed by atoms with Crippen molar-refractivity contribution >= 4 is 27.5 Å². The van der Waals surface area contributed by atoms with E-state index in [2.05, 4.69) is 48.5 Å². The molecule has 1 amide bonds. The first-order valence-electron chi connectivity index (χ1n) is 9.71. The third-order valence-corrected chi connectivity index (χ3v) is 6.07. The smallest absolute Gasteiger partial charge is 0.252 e. The molecule has 4 nitrogen and oxygen atoms in total. The summed E-state index contributed by atoms with van der Waals surface area (Å²) in [7, 11) is 0. The van der Waals surface area contributed by atoms with Crippen molar-refractivity contribution in [3.05, 3.63) is 63.0 Å². The highest BCUT2D eigenvalue weighted by Gasteiger charge is 2.12. The normalized spacial score (nSPS) is 12.1. The number of carbonyl (C=O) groups is 1. The molecule has 148 valence electrons. The number of hydrogen-bond donors (Lipinski definition) is 0. The molecule has 2 aromatic carbocycles. The molecule has 0 fully saturated rings. The van der Waals surface area contributed by atoms with Gasteiger partial charge in [-0.1, -0.05) is 41.2 Å². The Morgan fingerprint density at radius 1 is 1.07 bits per heavy atom. The van der Waals surface area contributed by atoms with Gasteiger partial charge < -0.3 is 9.30 Å². The van der Waals surface area contributed by atoms with E-state index in [1.165, 1.54) is 21.4 Å². The zero-order valence-electron chi connectivity index (χ0n) is 17.3. The molecule has 0 saturated heterocycles. The number of carbonyl (C=O) groups excluding carboxylic acids is 1. The molecule has 3 rings (SSSR count). The fourth-order valence-electron chi connectivity index (χ4n) is 3.47. The molecule has 0 spiro atoms. The number of ether oxygens (including phenoxy) is 1. The molecule has 0 unspecified atom stereocenters. The number of benzene rings is 2. The van der Waals surface area contributed by atoms with Crippen molar-refractivity contribution in [2.45, 2.75) is 47.6 Å². The third-order valence-electron chi connectivity index (χ3n) is 4.84. The molecule has 0 aliphatic rings. The Balaban J connectivity index is 2.00. The minimum atomic E-state index is -0.113. The number of thiazole rings is 1. The van der Waals surface area contributed by atoms with Crippen molar-refractivity contribution in [1.29, 1.82) is 0 Å². The van der Waals surface area contributed by atoms with Gasteiger partial charge in [-0.3, -0.25) is 4.79 Å². The van der Waals surface area contributed by atoms with Crippen molar-refractivity contribution in [3.8, 4) is 0 Å². The Bertz CT molecular complexity index is 1080. The van der Waals surface area contributed by atoms with Gasteiger partial charge in [0.1, 0.15) is 0 Å². The van der Waals surface area contributed by atoms with Crippen LogP contribution in [0.3, 0.4) is 0 Å². The lowest BCUT2D eigenvalue weighted by molar-refractivity contribution is -0.117. The molecule has 0 atom stereocenters. The van der Waals surface area contributed by atoms with E-state index >= 15 is 0 Å². The predicted molar refractivity (Wildman–Crippen MR) is 116 cm³/mol. The van der Waals surface area contributed by atoms with Crippen LogP contribution in [0.1, 0.15) is 34.7 Å². The summed E-state index contributed by atoms with van der Waals surface area (Å²) in [5.41, 5.74) is 6.92. The monoisotopic (exact) mass is 396 g/mol. The SMILES string of the molecule is CCOCCn1c(=NC(=O)Cc2ccc(C)cc2C)sc2c(C)cc(C)cc21. The van der Waals surface area contributed by atoms with E-state index < -0.39 is 0 Å². The first kappa shape index (κ1) is 20.5. The summed E-state index contributed by atoms with van der Waals surface area (Å²) in [4.78, 5) is 18.0. The summed E-state index contributed by atoms with van der Waals surface area (Å²) in [5.74, 6) is -0.113. The molecule has 1 heterocycles. The first-order valence-corrected chi connectivity index (χ1v) is 10.5. The highest BCUT2D eigenvalue weighted by Crippen LogP contribution is 2.23. The molecule has 28 heavy (non-hydrogen) atoms. The number of aromatic nitrogens is 1. The maximum Gasteiger partial charge on any atom is 0.252 e. The number of amides is 1. The van der Waals surface area contributed by atoms with Crippen LogP contribution >= 0.6 is 11.3 Å². The highest BCUT2D eigenvalue weighted by molar-refractivity contribution is 7.16. The Labute approximate surface area is 170 Å². The maximum absolute atomic E-state index is 12.7. The summed E-state index contributed by atoms with van der Waals surface area (Å²) in [6.45, 7) is 12.3. The Hall–Kier alpha value is -2.24. The van der Waals surface area contributed by atoms with E-state index in [-0.39, 0.29) is 5.91 Å². The lowest BCUT2D eigenvalue weighted by atomic mass is 10.0. The number of hydrogen-bond acceptors (Lipinski definition) is 3. The topological polar surface area (TPSA) is 43.6 Å². The van der Waals surface area contributed by atoms with Crippen LogP contribution in [-0.4, -0.2) is 23.7 Å². The van der Waals surface area contributed by atoms with E-state index in [1.807, 2.05) is 26.0 Å². The molecule has 0 aliphatic heterocycles. The first-order chi connectivity index (χ1) is 13.4. The Kier molecular flexibility index (Phi) is 6.47. The van der Waals surface area contributed by atoms with Crippen molar-refractivity contribution in [1.82, 2.24) is 4.57 Å². The van der Waals surface area contributed by atoms with Crippen LogP contribution in [0.2, 0.25) is 0 Å². The molecule has 3 aromatic rings. The molecule has 0 saturated carbocycles. The van der Waals surface area contributed by atoms with Gasteiger partial charge in [0, 0.05) is 13.2 Å². The lowest BCUT2D eigenvalue weighted by Crippen LogP contribution is -2.20. The van der Waals surface area contributed by atoms with Crippen molar-refractivity contribution in [2.75, 3.05) is 13.2 Å². The zero-order chi connectivity index (χ0) is 20.3. The van der Waals surface area contributed by atoms with Gasteiger partial charge in [-0.15, -0.1) is 0 Å². The number of nitrogens with zero attached hydrogens (tertiary/aromatic N) is 2. The number of fused-ring (bicyclic) bond motifs is 1. The van der Waals surface area contributed by atoms with Crippen molar-refractivity contribution in [3.63, 3.8) is 0 Å². The van der Waals surface area contributed by atoms with Crippen LogP contribution in [0.25, 0.3) is 10.2 Å². The van der Waals surface area contributed by atoms with Crippen molar-refractivity contribution < 1.29 is 9.53 Å². The van der Waals surface area contributed by atoms with Crippen LogP contribution in [0, 0.1) is 27.7 Å². The fourth-order valence-corrected chi connectivity index (χ4v) is 4.59. The largest absolute Gasteiger partial charge is 0.380 e. The minimum absolute atomic E-state index is 0.113. The van der Waals surface area contributed by atoms with E-state index in [1.54, 1.807) is 11.3 Å². The standard InChI is InChI=1S/C23H28N2O2S/c1-6-27-10-9-25-20-13-16(3)12-18(5)22(20)28-23(25)24-21(26)14-19-8-7-15(2)11-17(19)4/h7-8,11-13H,6,9-10,14H2,1-5H3. The van der Waals surface area contributed by atoms with Gasteiger partial charge in [-0.25, -0.2) is 0 Å². The van der Waals surface area contributed by atoms with E-state index in [0.29, 0.717) is 26.2 Å². The van der Waals surface area contributed by atoms with Gasteiger partial charge in [0.15, 0.2) is 4.80 Å². The van der Waals surface area contributed by atoms with E-state index in [9.17, 15) is 4.79 Å². The van der Waals surface area contributed by atoms with Gasteiger partial charge in [0.25, 0.3) is 5.91 Å².